The van der Waals surface area contributed by atoms with Crippen LogP contribution in [-0.4, -0.2) is 52.6 Å². The smallest absolute Gasteiger partial charge is 0.339 e. The van der Waals surface area contributed by atoms with E-state index in [-0.39, 0.29) is 24.3 Å². The highest BCUT2D eigenvalue weighted by molar-refractivity contribution is 14.1. The Morgan fingerprint density at radius 1 is 0.939 bits per heavy atom. The molecule has 0 bridgehead atoms. The molecule has 1 saturated heterocycles. The molecule has 2 aromatic rings. The van der Waals surface area contributed by atoms with E-state index in [2.05, 4.69) is 22.6 Å². The summed E-state index contributed by atoms with van der Waals surface area (Å²) in [6, 6.07) is 14.0. The van der Waals surface area contributed by atoms with Gasteiger partial charge in [0.25, 0.3) is 0 Å². The van der Waals surface area contributed by atoms with Crippen molar-refractivity contribution in [3.8, 4) is 5.75 Å². The molecule has 1 aliphatic heterocycles. The summed E-state index contributed by atoms with van der Waals surface area (Å²) in [5, 5.41) is 11.8. The summed E-state index contributed by atoms with van der Waals surface area (Å²) in [5.74, 6) is -0.504. The minimum absolute atomic E-state index is 0.0472. The van der Waals surface area contributed by atoms with Crippen LogP contribution in [0.4, 0.5) is 0 Å². The Hall–Kier alpha value is -2.17. The highest BCUT2D eigenvalue weighted by Crippen LogP contribution is 2.38. The summed E-state index contributed by atoms with van der Waals surface area (Å²) in [5.41, 5.74) is -0.803. The molecule has 0 saturated carbocycles. The second-order valence-corrected chi connectivity index (χ2v) is 10.6. The van der Waals surface area contributed by atoms with Crippen molar-refractivity contribution in [1.82, 2.24) is 5.06 Å². The van der Waals surface area contributed by atoms with Crippen LogP contribution in [0.1, 0.15) is 61.3 Å². The van der Waals surface area contributed by atoms with Gasteiger partial charge >= 0.3 is 11.9 Å². The van der Waals surface area contributed by atoms with Crippen LogP contribution in [-0.2, 0) is 9.47 Å². The van der Waals surface area contributed by atoms with Gasteiger partial charge in [-0.2, -0.15) is 5.06 Å². The lowest BCUT2D eigenvalue weighted by Crippen LogP contribution is -2.60. The highest BCUT2D eigenvalue weighted by Gasteiger charge is 2.46. The van der Waals surface area contributed by atoms with Gasteiger partial charge < -0.3 is 19.4 Å². The summed E-state index contributed by atoms with van der Waals surface area (Å²) < 4.78 is 17.8. The number of benzene rings is 2. The van der Waals surface area contributed by atoms with E-state index < -0.39 is 29.1 Å². The number of hydrogen-bond donors (Lipinski definition) is 1. The molecule has 178 valence electrons. The Labute approximate surface area is 208 Å². The molecule has 1 aliphatic rings. The first-order valence-corrected chi connectivity index (χ1v) is 11.9. The van der Waals surface area contributed by atoms with E-state index in [4.69, 9.17) is 14.2 Å². The number of carbonyl (C=O) groups is 2. The fraction of sp³-hybridized carbons (Fsp3) is 0.440. The van der Waals surface area contributed by atoms with Gasteiger partial charge in [-0.15, -0.1) is 0 Å². The van der Waals surface area contributed by atoms with Crippen LogP contribution in [0.5, 0.6) is 5.75 Å². The van der Waals surface area contributed by atoms with Crippen LogP contribution in [0.3, 0.4) is 0 Å². The van der Waals surface area contributed by atoms with Crippen molar-refractivity contribution >= 4 is 34.5 Å². The zero-order valence-electron chi connectivity index (χ0n) is 19.3. The Balaban J connectivity index is 1.60. The second-order valence-electron chi connectivity index (χ2n) is 9.36. The third-order valence-corrected chi connectivity index (χ3v) is 6.36. The lowest BCUT2D eigenvalue weighted by Gasteiger charge is -2.50. The molecule has 2 aromatic carbocycles. The Bertz CT molecular complexity index is 971. The maximum Gasteiger partial charge on any atom is 0.339 e. The van der Waals surface area contributed by atoms with E-state index in [1.54, 1.807) is 24.3 Å². The number of halogens is 1. The second kappa shape index (κ2) is 10.4. The fourth-order valence-corrected chi connectivity index (χ4v) is 4.58. The average Bonchev–Trinajstić information content (AvgIpc) is 2.75. The lowest BCUT2D eigenvalue weighted by atomic mass is 9.80. The van der Waals surface area contributed by atoms with Crippen LogP contribution in [0, 0.1) is 3.57 Å². The number of carbonyl (C=O) groups excluding carboxylic acids is 2. The highest BCUT2D eigenvalue weighted by atomic mass is 127. The van der Waals surface area contributed by atoms with Gasteiger partial charge in [0.1, 0.15) is 25.1 Å². The topological polar surface area (TPSA) is 85.3 Å². The number of nitrogens with zero attached hydrogens (tertiary/aromatic N) is 1. The molecule has 0 radical (unpaired) electrons. The zero-order chi connectivity index (χ0) is 24.2. The van der Waals surface area contributed by atoms with E-state index in [1.807, 2.05) is 52.0 Å². The first kappa shape index (κ1) is 25.5. The Kier molecular flexibility index (Phi) is 8.02. The van der Waals surface area contributed by atoms with E-state index in [9.17, 15) is 14.8 Å². The van der Waals surface area contributed by atoms with Crippen LogP contribution in [0.15, 0.2) is 48.5 Å². The third kappa shape index (κ3) is 6.45. The number of hydroxylamine groups is 2. The average molecular weight is 567 g/mol. The molecule has 1 fully saturated rings. The number of ether oxygens (including phenoxy) is 3. The van der Waals surface area contributed by atoms with Gasteiger partial charge in [0, 0.05) is 27.5 Å². The van der Waals surface area contributed by atoms with Gasteiger partial charge in [-0.3, -0.25) is 0 Å². The molecule has 7 nitrogen and oxygen atoms in total. The van der Waals surface area contributed by atoms with Crippen LogP contribution >= 0.6 is 22.6 Å². The van der Waals surface area contributed by atoms with Crippen LogP contribution in [0.25, 0.3) is 0 Å². The lowest BCUT2D eigenvalue weighted by molar-refractivity contribution is -0.256. The van der Waals surface area contributed by atoms with E-state index in [0.717, 1.165) is 3.57 Å². The third-order valence-electron chi connectivity index (χ3n) is 5.64. The Morgan fingerprint density at radius 3 is 2.06 bits per heavy atom. The van der Waals surface area contributed by atoms with Crippen LogP contribution < -0.4 is 4.74 Å². The van der Waals surface area contributed by atoms with Crippen LogP contribution in [0.2, 0.25) is 0 Å². The first-order valence-electron chi connectivity index (χ1n) is 10.8. The van der Waals surface area contributed by atoms with Gasteiger partial charge in [0.15, 0.2) is 0 Å². The van der Waals surface area contributed by atoms with Crippen molar-refractivity contribution in [2.45, 2.75) is 57.7 Å². The number of piperidine rings is 1. The predicted octanol–water partition coefficient (Wildman–Crippen LogP) is 5.09. The van der Waals surface area contributed by atoms with Crippen molar-refractivity contribution in [2.24, 2.45) is 0 Å². The molecule has 33 heavy (non-hydrogen) atoms. The Morgan fingerprint density at radius 2 is 1.48 bits per heavy atom. The molecule has 0 aliphatic carbocycles. The van der Waals surface area contributed by atoms with Crippen molar-refractivity contribution < 1.29 is 29.0 Å². The molecular weight excluding hydrogens is 537 g/mol. The standard InChI is InChI=1S/C25H30INO6/c1-24(2)15-19(16-25(3,4)27(24)30)33-23(29)21-8-6-5-7-20(21)22(28)32-14-13-31-18-11-9-17(26)10-12-18/h5-12,19,30H,13-16H2,1-4H3. The SMILES string of the molecule is CC1(C)CC(OC(=O)c2ccccc2C(=O)OCCOc2ccc(I)cc2)CC(C)(C)N1O. The minimum atomic E-state index is -0.611. The summed E-state index contributed by atoms with van der Waals surface area (Å²) >= 11 is 2.21. The normalized spacial score (nSPS) is 17.9. The maximum atomic E-state index is 13.0. The molecule has 0 unspecified atom stereocenters. The van der Waals surface area contributed by atoms with E-state index >= 15 is 0 Å². The predicted molar refractivity (Wildman–Crippen MR) is 132 cm³/mol. The largest absolute Gasteiger partial charge is 0.490 e. The minimum Gasteiger partial charge on any atom is -0.490 e. The zero-order valence-corrected chi connectivity index (χ0v) is 21.5. The summed E-state index contributed by atoms with van der Waals surface area (Å²) in [4.78, 5) is 25.6. The van der Waals surface area contributed by atoms with Gasteiger partial charge in [0.2, 0.25) is 0 Å². The molecule has 8 heteroatoms. The molecule has 0 spiro atoms. The number of esters is 2. The number of hydrogen-bond acceptors (Lipinski definition) is 7. The first-order chi connectivity index (χ1) is 15.5. The molecule has 0 aromatic heterocycles. The van der Waals surface area contributed by atoms with Gasteiger partial charge in [-0.1, -0.05) is 12.1 Å². The quantitative estimate of drug-likeness (QED) is 0.283. The molecule has 3 rings (SSSR count). The van der Waals surface area contributed by atoms with Gasteiger partial charge in [-0.25, -0.2) is 9.59 Å². The molecule has 0 amide bonds. The van der Waals surface area contributed by atoms with Crippen molar-refractivity contribution in [2.75, 3.05) is 13.2 Å². The molecule has 1 N–H and O–H groups in total. The summed E-state index contributed by atoms with van der Waals surface area (Å²) in [7, 11) is 0. The maximum absolute atomic E-state index is 13.0. The van der Waals surface area contributed by atoms with E-state index in [0.29, 0.717) is 18.6 Å². The van der Waals surface area contributed by atoms with Gasteiger partial charge in [-0.05, 0) is 86.7 Å². The fourth-order valence-electron chi connectivity index (χ4n) is 4.22. The summed E-state index contributed by atoms with van der Waals surface area (Å²) in [6.07, 6.45) is 0.555. The van der Waals surface area contributed by atoms with Gasteiger partial charge in [0.05, 0.1) is 11.1 Å². The number of rotatable bonds is 7. The summed E-state index contributed by atoms with van der Waals surface area (Å²) in [6.45, 7) is 7.85. The van der Waals surface area contributed by atoms with E-state index in [1.165, 1.54) is 5.06 Å². The molecule has 1 heterocycles. The van der Waals surface area contributed by atoms with Crippen molar-refractivity contribution in [3.63, 3.8) is 0 Å². The monoisotopic (exact) mass is 567 g/mol. The van der Waals surface area contributed by atoms with Crippen molar-refractivity contribution in [1.29, 1.82) is 0 Å². The molecule has 0 atom stereocenters. The van der Waals surface area contributed by atoms with Crippen molar-refractivity contribution in [3.05, 3.63) is 63.2 Å². The molecular formula is C25H30INO6.